The minimum atomic E-state index is -0.557. The number of carbonyl (C=O) groups excluding carboxylic acids is 1. The van der Waals surface area contributed by atoms with Gasteiger partial charge in [0.25, 0.3) is 11.6 Å². The van der Waals surface area contributed by atoms with Crippen LogP contribution in [0.25, 0.3) is 10.2 Å². The average Bonchev–Trinajstić information content (AvgIpc) is 2.91. The standard InChI is InChI=1S/C17H15ClN4O3S/c1-7-8(2)13-14(19)15(26-17(13)20-9(7)3)16(23)21-12-6-10(22(24)25)4-5-11(12)18/h4-6H,19H2,1-3H3,(H,21,23). The molecule has 9 heteroatoms. The second kappa shape index (κ2) is 6.54. The summed E-state index contributed by atoms with van der Waals surface area (Å²) in [5.74, 6) is -0.484. The summed E-state index contributed by atoms with van der Waals surface area (Å²) in [5, 5.41) is 14.5. The summed E-state index contributed by atoms with van der Waals surface area (Å²) in [5.41, 5.74) is 9.41. The number of carbonyl (C=O) groups is 1. The molecular weight excluding hydrogens is 376 g/mol. The molecule has 0 radical (unpaired) electrons. The van der Waals surface area contributed by atoms with Gasteiger partial charge in [-0.1, -0.05) is 11.6 Å². The molecule has 3 aromatic rings. The summed E-state index contributed by atoms with van der Waals surface area (Å²) in [7, 11) is 0. The Kier molecular flexibility index (Phi) is 4.55. The number of fused-ring (bicyclic) bond motifs is 1. The molecule has 7 nitrogen and oxygen atoms in total. The van der Waals surface area contributed by atoms with Crippen LogP contribution in [0.2, 0.25) is 5.02 Å². The topological polar surface area (TPSA) is 111 Å². The number of anilines is 2. The van der Waals surface area contributed by atoms with Crippen LogP contribution in [-0.2, 0) is 0 Å². The number of thiophene rings is 1. The van der Waals surface area contributed by atoms with E-state index in [1.165, 1.54) is 29.5 Å². The van der Waals surface area contributed by atoms with Crippen LogP contribution in [0.3, 0.4) is 0 Å². The van der Waals surface area contributed by atoms with Crippen molar-refractivity contribution in [1.29, 1.82) is 0 Å². The van der Waals surface area contributed by atoms with Crippen LogP contribution in [0.4, 0.5) is 17.1 Å². The quantitative estimate of drug-likeness (QED) is 0.500. The zero-order valence-corrected chi connectivity index (χ0v) is 15.8. The molecule has 26 heavy (non-hydrogen) atoms. The van der Waals surface area contributed by atoms with Gasteiger partial charge in [-0.3, -0.25) is 14.9 Å². The molecule has 1 amide bonds. The maximum atomic E-state index is 12.7. The number of pyridine rings is 1. The van der Waals surface area contributed by atoms with E-state index in [1.54, 1.807) is 0 Å². The number of non-ortho nitro benzene ring substituents is 1. The van der Waals surface area contributed by atoms with Crippen molar-refractivity contribution in [3.63, 3.8) is 0 Å². The lowest BCUT2D eigenvalue weighted by Crippen LogP contribution is -2.12. The fourth-order valence-electron chi connectivity index (χ4n) is 2.64. The van der Waals surface area contributed by atoms with Crippen molar-refractivity contribution >= 4 is 56.1 Å². The van der Waals surface area contributed by atoms with Crippen LogP contribution in [-0.4, -0.2) is 15.8 Å². The maximum absolute atomic E-state index is 12.7. The molecule has 3 rings (SSSR count). The summed E-state index contributed by atoms with van der Waals surface area (Å²) in [6.45, 7) is 5.80. The molecule has 0 saturated carbocycles. The SMILES string of the molecule is Cc1nc2sc(C(=O)Nc3cc([N+](=O)[O-])ccc3Cl)c(N)c2c(C)c1C. The maximum Gasteiger partial charge on any atom is 0.271 e. The highest BCUT2D eigenvalue weighted by atomic mass is 35.5. The van der Waals surface area contributed by atoms with Gasteiger partial charge in [-0.25, -0.2) is 4.98 Å². The van der Waals surface area contributed by atoms with E-state index >= 15 is 0 Å². The van der Waals surface area contributed by atoms with E-state index in [1.807, 2.05) is 20.8 Å². The van der Waals surface area contributed by atoms with Gasteiger partial charge < -0.3 is 11.1 Å². The van der Waals surface area contributed by atoms with Gasteiger partial charge in [0.2, 0.25) is 0 Å². The number of hydrogen-bond donors (Lipinski definition) is 2. The number of nitro benzene ring substituents is 1. The predicted molar refractivity (Wildman–Crippen MR) is 104 cm³/mol. The minimum Gasteiger partial charge on any atom is -0.397 e. The first-order valence-electron chi connectivity index (χ1n) is 7.61. The van der Waals surface area contributed by atoms with E-state index in [2.05, 4.69) is 10.3 Å². The largest absolute Gasteiger partial charge is 0.397 e. The summed E-state index contributed by atoms with van der Waals surface area (Å²) >= 11 is 7.22. The van der Waals surface area contributed by atoms with Crippen molar-refractivity contribution in [1.82, 2.24) is 4.98 Å². The highest BCUT2D eigenvalue weighted by Gasteiger charge is 2.21. The molecule has 0 spiro atoms. The molecule has 2 heterocycles. The molecule has 0 atom stereocenters. The van der Waals surface area contributed by atoms with E-state index in [-0.39, 0.29) is 16.4 Å². The molecular formula is C17H15ClN4O3S. The minimum absolute atomic E-state index is 0.153. The molecule has 134 valence electrons. The van der Waals surface area contributed by atoms with Gasteiger partial charge in [-0.15, -0.1) is 11.3 Å². The number of aryl methyl sites for hydroxylation is 2. The number of benzene rings is 1. The van der Waals surface area contributed by atoms with Gasteiger partial charge in [0, 0.05) is 23.2 Å². The number of aromatic nitrogens is 1. The molecule has 1 aromatic carbocycles. The zero-order valence-electron chi connectivity index (χ0n) is 14.2. The second-order valence-corrected chi connectivity index (χ2v) is 7.25. The second-order valence-electron chi connectivity index (χ2n) is 5.85. The highest BCUT2D eigenvalue weighted by Crippen LogP contribution is 2.37. The van der Waals surface area contributed by atoms with Gasteiger partial charge in [-0.05, 0) is 38.0 Å². The molecule has 0 fully saturated rings. The Morgan fingerprint density at radius 3 is 2.65 bits per heavy atom. The van der Waals surface area contributed by atoms with Crippen molar-refractivity contribution in [2.24, 2.45) is 0 Å². The summed E-state index contributed by atoms with van der Waals surface area (Å²) < 4.78 is 0. The zero-order chi connectivity index (χ0) is 19.2. The molecule has 0 bridgehead atoms. The summed E-state index contributed by atoms with van der Waals surface area (Å²) in [6, 6.07) is 3.84. The number of halogens is 1. The van der Waals surface area contributed by atoms with Gasteiger partial charge in [-0.2, -0.15) is 0 Å². The smallest absolute Gasteiger partial charge is 0.271 e. The van der Waals surface area contributed by atoms with Crippen LogP contribution in [0, 0.1) is 30.9 Å². The Hall–Kier alpha value is -2.71. The van der Waals surface area contributed by atoms with E-state index in [4.69, 9.17) is 17.3 Å². The first-order chi connectivity index (χ1) is 12.2. The van der Waals surface area contributed by atoms with Crippen molar-refractivity contribution in [2.45, 2.75) is 20.8 Å². The molecule has 0 aliphatic heterocycles. The van der Waals surface area contributed by atoms with E-state index < -0.39 is 10.8 Å². The van der Waals surface area contributed by atoms with Gasteiger partial charge >= 0.3 is 0 Å². The van der Waals surface area contributed by atoms with Crippen molar-refractivity contribution < 1.29 is 9.72 Å². The van der Waals surface area contributed by atoms with Crippen molar-refractivity contribution in [2.75, 3.05) is 11.1 Å². The molecule has 0 aliphatic carbocycles. The van der Waals surface area contributed by atoms with Crippen LogP contribution in [0.1, 0.15) is 26.5 Å². The lowest BCUT2D eigenvalue weighted by Gasteiger charge is -2.07. The van der Waals surface area contributed by atoms with Crippen molar-refractivity contribution in [3.8, 4) is 0 Å². The number of amides is 1. The lowest BCUT2D eigenvalue weighted by molar-refractivity contribution is -0.384. The monoisotopic (exact) mass is 390 g/mol. The van der Waals surface area contributed by atoms with E-state index in [0.29, 0.717) is 15.4 Å². The predicted octanol–water partition coefficient (Wildman–Crippen LogP) is 4.62. The summed E-state index contributed by atoms with van der Waals surface area (Å²) in [6.07, 6.45) is 0. The van der Waals surface area contributed by atoms with Crippen LogP contribution in [0.15, 0.2) is 18.2 Å². The average molecular weight is 391 g/mol. The third-order valence-corrected chi connectivity index (χ3v) is 5.72. The Balaban J connectivity index is 2.04. The third kappa shape index (κ3) is 2.97. The third-order valence-electron chi connectivity index (χ3n) is 4.29. The Morgan fingerprint density at radius 2 is 2.00 bits per heavy atom. The molecule has 0 unspecified atom stereocenters. The number of nitrogens with one attached hydrogen (secondary N) is 1. The number of rotatable bonds is 3. The molecule has 0 saturated heterocycles. The Labute approximate surface area is 157 Å². The Bertz CT molecular complexity index is 1080. The molecule has 3 N–H and O–H groups in total. The summed E-state index contributed by atoms with van der Waals surface area (Å²) in [4.78, 5) is 28.5. The fraction of sp³-hybridized carbons (Fsp3) is 0.176. The first kappa shape index (κ1) is 18.1. The van der Waals surface area contributed by atoms with Crippen molar-refractivity contribution in [3.05, 3.63) is 55.0 Å². The number of nitro groups is 1. The fourth-order valence-corrected chi connectivity index (χ4v) is 3.90. The molecule has 0 aliphatic rings. The van der Waals surface area contributed by atoms with E-state index in [9.17, 15) is 14.9 Å². The van der Waals surface area contributed by atoms with Crippen LogP contribution in [0.5, 0.6) is 0 Å². The number of hydrogen-bond acceptors (Lipinski definition) is 6. The first-order valence-corrected chi connectivity index (χ1v) is 8.81. The number of nitrogens with zero attached hydrogens (tertiary/aromatic N) is 2. The normalized spacial score (nSPS) is 10.9. The number of nitrogen functional groups attached to an aromatic ring is 1. The van der Waals surface area contributed by atoms with E-state index in [0.717, 1.165) is 22.2 Å². The number of nitrogens with two attached hydrogens (primary N) is 1. The van der Waals surface area contributed by atoms with Gasteiger partial charge in [0.1, 0.15) is 9.71 Å². The lowest BCUT2D eigenvalue weighted by atomic mass is 10.1. The molecule has 2 aromatic heterocycles. The highest BCUT2D eigenvalue weighted by molar-refractivity contribution is 7.21. The van der Waals surface area contributed by atoms with Crippen LogP contribution >= 0.6 is 22.9 Å². The van der Waals surface area contributed by atoms with Crippen LogP contribution < -0.4 is 11.1 Å². The Morgan fingerprint density at radius 1 is 1.31 bits per heavy atom. The van der Waals surface area contributed by atoms with Gasteiger partial charge in [0.15, 0.2) is 0 Å². The van der Waals surface area contributed by atoms with Gasteiger partial charge in [0.05, 0.1) is 21.3 Å².